The van der Waals surface area contributed by atoms with Crippen molar-refractivity contribution in [2.24, 2.45) is 0 Å². The molecule has 0 unspecified atom stereocenters. The van der Waals surface area contributed by atoms with E-state index >= 15 is 0 Å². The van der Waals surface area contributed by atoms with Crippen LogP contribution in [0.4, 0.5) is 5.69 Å². The Bertz CT molecular complexity index is 752. The first-order valence-electron chi connectivity index (χ1n) is 6.53. The third-order valence-electron chi connectivity index (χ3n) is 3.34. The Morgan fingerprint density at radius 3 is 2.48 bits per heavy atom. The molecule has 4 heteroatoms. The fourth-order valence-electron chi connectivity index (χ4n) is 2.26. The Morgan fingerprint density at radius 1 is 1.05 bits per heavy atom. The fourth-order valence-corrected chi connectivity index (χ4v) is 3.29. The molecule has 1 amide bonds. The molecule has 0 aromatic heterocycles. The van der Waals surface area contributed by atoms with E-state index in [1.54, 1.807) is 6.20 Å². The highest BCUT2D eigenvalue weighted by Gasteiger charge is 2.26. The van der Waals surface area contributed by atoms with Crippen molar-refractivity contribution >= 4 is 29.6 Å². The average Bonchev–Trinajstić information content (AvgIpc) is 2.82. The van der Waals surface area contributed by atoms with Crippen molar-refractivity contribution in [2.75, 3.05) is 4.90 Å². The van der Waals surface area contributed by atoms with E-state index in [1.807, 2.05) is 55.5 Å². The second-order valence-electron chi connectivity index (χ2n) is 4.72. The minimum atomic E-state index is -0.0314. The third kappa shape index (κ3) is 2.50. The Labute approximate surface area is 127 Å². The summed E-state index contributed by atoms with van der Waals surface area (Å²) in [6.07, 6.45) is 2.34. The normalized spacial score (nSPS) is 15.1. The number of carbonyl (C=O) groups excluding carboxylic acids is 2. The minimum Gasteiger partial charge on any atom is -0.289 e. The summed E-state index contributed by atoms with van der Waals surface area (Å²) in [4.78, 5) is 26.7. The van der Waals surface area contributed by atoms with Crippen LogP contribution in [0.25, 0.3) is 0 Å². The van der Waals surface area contributed by atoms with Gasteiger partial charge in [-0.1, -0.05) is 42.1 Å². The van der Waals surface area contributed by atoms with Crippen molar-refractivity contribution in [3.05, 3.63) is 70.8 Å². The number of amides is 1. The minimum absolute atomic E-state index is 0.0314. The number of Topliss-reactive ketones (excluding diaryl/α,β-unsaturated/α-hetero) is 1. The summed E-state index contributed by atoms with van der Waals surface area (Å²) >= 11 is 1.40. The number of rotatable bonds is 3. The first kappa shape index (κ1) is 13.6. The highest BCUT2D eigenvalue weighted by Crippen LogP contribution is 2.40. The van der Waals surface area contributed by atoms with Gasteiger partial charge in [-0.25, -0.2) is 0 Å². The molecular weight excluding hydrogens is 282 g/mol. The topological polar surface area (TPSA) is 37.4 Å². The highest BCUT2D eigenvalue weighted by molar-refractivity contribution is 8.04. The van der Waals surface area contributed by atoms with Crippen LogP contribution in [0.3, 0.4) is 0 Å². The molecule has 0 bridgehead atoms. The lowest BCUT2D eigenvalue weighted by Crippen LogP contribution is -2.15. The second kappa shape index (κ2) is 5.58. The summed E-state index contributed by atoms with van der Waals surface area (Å²) in [6, 6.07) is 15.1. The van der Waals surface area contributed by atoms with Gasteiger partial charge in [-0.05, 0) is 30.7 Å². The number of hydrogen-bond acceptors (Lipinski definition) is 3. The van der Waals surface area contributed by atoms with Crippen molar-refractivity contribution < 1.29 is 9.59 Å². The first-order chi connectivity index (χ1) is 10.2. The summed E-state index contributed by atoms with van der Waals surface area (Å²) in [5.41, 5.74) is 2.46. The number of thioether (sulfide) groups is 1. The highest BCUT2D eigenvalue weighted by atomic mass is 32.2. The van der Waals surface area contributed by atoms with Crippen LogP contribution in [0.15, 0.2) is 64.5 Å². The van der Waals surface area contributed by atoms with Gasteiger partial charge in [0.2, 0.25) is 12.2 Å². The van der Waals surface area contributed by atoms with Gasteiger partial charge < -0.3 is 0 Å². The monoisotopic (exact) mass is 295 g/mol. The Balaban J connectivity index is 1.97. The first-order valence-corrected chi connectivity index (χ1v) is 7.35. The second-order valence-corrected chi connectivity index (χ2v) is 5.80. The van der Waals surface area contributed by atoms with Crippen LogP contribution < -0.4 is 4.90 Å². The van der Waals surface area contributed by atoms with Gasteiger partial charge in [0, 0.05) is 16.7 Å². The van der Waals surface area contributed by atoms with Gasteiger partial charge in [0.15, 0.2) is 0 Å². The molecule has 2 aromatic rings. The molecule has 0 radical (unpaired) electrons. The predicted octanol–water partition coefficient (Wildman–Crippen LogP) is 3.79. The van der Waals surface area contributed by atoms with E-state index in [4.69, 9.17) is 0 Å². The van der Waals surface area contributed by atoms with Crippen molar-refractivity contribution in [3.63, 3.8) is 0 Å². The number of para-hydroxylation sites is 1. The van der Waals surface area contributed by atoms with Gasteiger partial charge in [0.1, 0.15) is 0 Å². The van der Waals surface area contributed by atoms with Crippen molar-refractivity contribution in [1.82, 2.24) is 0 Å². The number of ketones is 1. The maximum Gasteiger partial charge on any atom is 0.218 e. The molecule has 0 spiro atoms. The van der Waals surface area contributed by atoms with Crippen LogP contribution >= 0.6 is 11.8 Å². The summed E-state index contributed by atoms with van der Waals surface area (Å²) in [5.74, 6) is -0.0314. The lowest BCUT2D eigenvalue weighted by Gasteiger charge is -2.15. The summed E-state index contributed by atoms with van der Waals surface area (Å²) in [6.45, 7) is 1.93. The van der Waals surface area contributed by atoms with E-state index in [9.17, 15) is 9.59 Å². The van der Waals surface area contributed by atoms with Crippen molar-refractivity contribution in [2.45, 2.75) is 11.8 Å². The van der Waals surface area contributed by atoms with Crippen LogP contribution in [0.5, 0.6) is 0 Å². The number of nitrogens with zero attached hydrogens (tertiary/aromatic N) is 1. The molecule has 2 aromatic carbocycles. The van der Waals surface area contributed by atoms with Crippen molar-refractivity contribution in [1.29, 1.82) is 0 Å². The molecule has 0 aliphatic carbocycles. The number of carbonyl (C=O) groups is 2. The van der Waals surface area contributed by atoms with Crippen LogP contribution in [-0.4, -0.2) is 12.2 Å². The zero-order valence-electron chi connectivity index (χ0n) is 11.4. The zero-order valence-corrected chi connectivity index (χ0v) is 12.3. The van der Waals surface area contributed by atoms with Crippen LogP contribution in [0.2, 0.25) is 0 Å². The predicted molar refractivity (Wildman–Crippen MR) is 84.4 cm³/mol. The lowest BCUT2D eigenvalue weighted by molar-refractivity contribution is -0.106. The van der Waals surface area contributed by atoms with Gasteiger partial charge in [-0.2, -0.15) is 0 Å². The molecule has 0 saturated heterocycles. The van der Waals surface area contributed by atoms with E-state index in [0.29, 0.717) is 10.5 Å². The van der Waals surface area contributed by atoms with E-state index < -0.39 is 0 Å². The molecule has 0 saturated carbocycles. The van der Waals surface area contributed by atoms with E-state index in [0.717, 1.165) is 22.6 Å². The summed E-state index contributed by atoms with van der Waals surface area (Å²) in [7, 11) is 0. The van der Waals surface area contributed by atoms with Gasteiger partial charge in [-0.15, -0.1) is 0 Å². The maximum atomic E-state index is 12.3. The Hall–Kier alpha value is -2.33. The van der Waals surface area contributed by atoms with Crippen LogP contribution in [0, 0.1) is 6.92 Å². The largest absolute Gasteiger partial charge is 0.289 e. The molecule has 3 rings (SSSR count). The fraction of sp³-hybridized carbons (Fsp3) is 0.0588. The smallest absolute Gasteiger partial charge is 0.218 e. The zero-order chi connectivity index (χ0) is 14.8. The third-order valence-corrected chi connectivity index (χ3v) is 4.43. The molecule has 0 atom stereocenters. The number of allylic oxidation sites excluding steroid dienone is 1. The van der Waals surface area contributed by atoms with Crippen LogP contribution in [-0.2, 0) is 4.79 Å². The van der Waals surface area contributed by atoms with Crippen molar-refractivity contribution in [3.8, 4) is 0 Å². The molecule has 21 heavy (non-hydrogen) atoms. The molecule has 0 N–H and O–H groups in total. The standard InChI is InChI=1S/C17H13NO2S/c1-12-6-2-4-8-14(12)18(11-19)10-16-17(20)13-7-3-5-9-15(13)21-16/h2-11H,1H3. The van der Waals surface area contributed by atoms with Gasteiger partial charge >= 0.3 is 0 Å². The number of fused-ring (bicyclic) bond motifs is 1. The quantitative estimate of drug-likeness (QED) is 0.638. The Kier molecular flexibility index (Phi) is 3.62. The molecule has 1 aliphatic rings. The molecule has 1 aliphatic heterocycles. The average molecular weight is 295 g/mol. The molecular formula is C17H13NO2S. The SMILES string of the molecule is Cc1ccccc1N(C=O)C=C1Sc2ccccc2C1=O. The number of hydrogen-bond donors (Lipinski definition) is 0. The maximum absolute atomic E-state index is 12.3. The van der Waals surface area contributed by atoms with Gasteiger partial charge in [0.05, 0.1) is 10.6 Å². The molecule has 104 valence electrons. The Morgan fingerprint density at radius 2 is 1.76 bits per heavy atom. The lowest BCUT2D eigenvalue weighted by atomic mass is 10.1. The van der Waals surface area contributed by atoms with Gasteiger partial charge in [-0.3, -0.25) is 14.5 Å². The van der Waals surface area contributed by atoms with E-state index in [-0.39, 0.29) is 5.78 Å². The molecule has 0 fully saturated rings. The van der Waals surface area contributed by atoms with E-state index in [2.05, 4.69) is 0 Å². The summed E-state index contributed by atoms with van der Waals surface area (Å²) < 4.78 is 0. The molecule has 1 heterocycles. The van der Waals surface area contributed by atoms with Crippen LogP contribution in [0.1, 0.15) is 15.9 Å². The number of aryl methyl sites for hydroxylation is 1. The summed E-state index contributed by atoms with van der Waals surface area (Å²) in [5, 5.41) is 0. The van der Waals surface area contributed by atoms with E-state index in [1.165, 1.54) is 16.7 Å². The molecule has 3 nitrogen and oxygen atoms in total. The number of anilines is 1. The number of benzene rings is 2. The van der Waals surface area contributed by atoms with Gasteiger partial charge in [0.25, 0.3) is 0 Å².